The Labute approximate surface area is 121 Å². The number of aliphatic hydroxyl groups is 1. The van der Waals surface area contributed by atoms with Crippen LogP contribution >= 0.6 is 0 Å². The molecular formula is C15H16N2O4. The molecular weight excluding hydrogens is 272 g/mol. The highest BCUT2D eigenvalue weighted by molar-refractivity contribution is 5.96. The van der Waals surface area contributed by atoms with Gasteiger partial charge in [-0.1, -0.05) is 0 Å². The van der Waals surface area contributed by atoms with Crippen LogP contribution in [0.3, 0.4) is 0 Å². The van der Waals surface area contributed by atoms with Crippen LogP contribution in [-0.2, 0) is 6.54 Å². The van der Waals surface area contributed by atoms with Gasteiger partial charge in [-0.3, -0.25) is 4.98 Å². The number of ether oxygens (including phenoxy) is 1. The van der Waals surface area contributed by atoms with Crippen LogP contribution in [0.4, 0.5) is 0 Å². The van der Waals surface area contributed by atoms with E-state index in [4.69, 9.17) is 4.74 Å². The summed E-state index contributed by atoms with van der Waals surface area (Å²) in [5.41, 5.74) is 1.90. The highest BCUT2D eigenvalue weighted by Gasteiger charge is 2.34. The summed E-state index contributed by atoms with van der Waals surface area (Å²) in [6, 6.07) is 3.64. The summed E-state index contributed by atoms with van der Waals surface area (Å²) in [5, 5.41) is 19.7. The van der Waals surface area contributed by atoms with Crippen molar-refractivity contribution < 1.29 is 19.7 Å². The largest absolute Gasteiger partial charge is 0.494 e. The first kappa shape index (κ1) is 13.6. The van der Waals surface area contributed by atoms with Crippen molar-refractivity contribution in [3.63, 3.8) is 0 Å². The van der Waals surface area contributed by atoms with Crippen molar-refractivity contribution in [2.45, 2.75) is 25.5 Å². The van der Waals surface area contributed by atoms with E-state index >= 15 is 0 Å². The molecule has 1 aliphatic heterocycles. The lowest BCUT2D eigenvalue weighted by atomic mass is 10.0. The van der Waals surface area contributed by atoms with Crippen LogP contribution in [0.5, 0.6) is 5.75 Å². The summed E-state index contributed by atoms with van der Waals surface area (Å²) in [6.45, 7) is 0.653. The van der Waals surface area contributed by atoms with Gasteiger partial charge in [0, 0.05) is 24.5 Å². The van der Waals surface area contributed by atoms with Gasteiger partial charge in [0.2, 0.25) is 0 Å². The van der Waals surface area contributed by atoms with Gasteiger partial charge in [-0.05, 0) is 25.0 Å². The third-order valence-electron chi connectivity index (χ3n) is 3.79. The SMILES string of the molecule is COc1c(C(=O)O)c2n(c1-c1cccnc1)CCCC2O. The number of hydrogen-bond donors (Lipinski definition) is 2. The van der Waals surface area contributed by atoms with Crippen molar-refractivity contribution >= 4 is 5.97 Å². The van der Waals surface area contributed by atoms with Gasteiger partial charge in [-0.15, -0.1) is 0 Å². The molecule has 0 amide bonds. The Bertz CT molecular complexity index is 679. The third kappa shape index (κ3) is 2.08. The van der Waals surface area contributed by atoms with Crippen molar-refractivity contribution in [3.8, 4) is 17.0 Å². The smallest absolute Gasteiger partial charge is 0.341 e. The third-order valence-corrected chi connectivity index (χ3v) is 3.79. The molecule has 3 heterocycles. The molecule has 0 fully saturated rings. The minimum Gasteiger partial charge on any atom is -0.494 e. The lowest BCUT2D eigenvalue weighted by molar-refractivity contribution is 0.0679. The summed E-state index contributed by atoms with van der Waals surface area (Å²) in [5.74, 6) is -0.807. The molecule has 0 aliphatic carbocycles. The predicted octanol–water partition coefficient (Wildman–Crippen LogP) is 2.08. The highest BCUT2D eigenvalue weighted by atomic mass is 16.5. The number of pyridine rings is 1. The molecule has 2 N–H and O–H groups in total. The Hall–Kier alpha value is -2.34. The summed E-state index contributed by atoms with van der Waals surface area (Å²) < 4.78 is 7.19. The average molecular weight is 288 g/mol. The minimum absolute atomic E-state index is 0.0450. The number of methoxy groups -OCH3 is 1. The zero-order valence-electron chi connectivity index (χ0n) is 11.6. The number of aromatic carboxylic acids is 1. The lowest BCUT2D eigenvalue weighted by Gasteiger charge is -2.22. The standard InChI is InChI=1S/C15H16N2O4/c1-21-14-11(15(19)20)13-10(18)5-3-7-17(13)12(14)9-4-2-6-16-8-9/h2,4,6,8,10,18H,3,5,7H2,1H3,(H,19,20). The van der Waals surface area contributed by atoms with E-state index in [0.29, 0.717) is 24.4 Å². The van der Waals surface area contributed by atoms with E-state index in [1.165, 1.54) is 7.11 Å². The second kappa shape index (κ2) is 5.21. The summed E-state index contributed by atoms with van der Waals surface area (Å²) >= 11 is 0. The number of nitrogens with zero attached hydrogens (tertiary/aromatic N) is 2. The van der Waals surface area contributed by atoms with E-state index in [2.05, 4.69) is 4.98 Å². The molecule has 0 spiro atoms. The van der Waals surface area contributed by atoms with Gasteiger partial charge in [0.15, 0.2) is 5.75 Å². The van der Waals surface area contributed by atoms with Crippen LogP contribution < -0.4 is 4.74 Å². The van der Waals surface area contributed by atoms with Crippen LogP contribution in [-0.4, -0.2) is 32.8 Å². The van der Waals surface area contributed by atoms with Crippen LogP contribution in [0, 0.1) is 0 Å². The Morgan fingerprint density at radius 3 is 2.95 bits per heavy atom. The van der Waals surface area contributed by atoms with Gasteiger partial charge in [0.05, 0.1) is 24.6 Å². The Morgan fingerprint density at radius 2 is 2.33 bits per heavy atom. The molecule has 1 atom stereocenters. The summed E-state index contributed by atoms with van der Waals surface area (Å²) in [6.07, 6.45) is 3.88. The molecule has 0 saturated heterocycles. The number of aromatic nitrogens is 2. The van der Waals surface area contributed by atoms with Gasteiger partial charge in [0.1, 0.15) is 5.56 Å². The molecule has 2 aromatic rings. The zero-order chi connectivity index (χ0) is 15.0. The van der Waals surface area contributed by atoms with Crippen molar-refractivity contribution in [1.29, 1.82) is 0 Å². The zero-order valence-corrected chi connectivity index (χ0v) is 11.6. The number of carbonyl (C=O) groups is 1. The lowest BCUT2D eigenvalue weighted by Crippen LogP contribution is -2.18. The van der Waals surface area contributed by atoms with E-state index in [9.17, 15) is 15.0 Å². The normalized spacial score (nSPS) is 17.3. The van der Waals surface area contributed by atoms with Crippen molar-refractivity contribution in [1.82, 2.24) is 9.55 Å². The Morgan fingerprint density at radius 1 is 1.52 bits per heavy atom. The maximum atomic E-state index is 11.6. The quantitative estimate of drug-likeness (QED) is 0.903. The van der Waals surface area contributed by atoms with Gasteiger partial charge in [-0.2, -0.15) is 0 Å². The first-order valence-electron chi connectivity index (χ1n) is 6.77. The number of rotatable bonds is 3. The first-order valence-corrected chi connectivity index (χ1v) is 6.77. The van der Waals surface area contributed by atoms with E-state index < -0.39 is 12.1 Å². The molecule has 110 valence electrons. The molecule has 21 heavy (non-hydrogen) atoms. The van der Waals surface area contributed by atoms with Crippen LogP contribution in [0.15, 0.2) is 24.5 Å². The second-order valence-electron chi connectivity index (χ2n) is 5.00. The van der Waals surface area contributed by atoms with Crippen molar-refractivity contribution in [2.75, 3.05) is 7.11 Å². The molecule has 0 radical (unpaired) electrons. The van der Waals surface area contributed by atoms with Crippen molar-refractivity contribution in [3.05, 3.63) is 35.8 Å². The average Bonchev–Trinajstić information content (AvgIpc) is 2.84. The Balaban J connectivity index is 2.34. The molecule has 0 aromatic carbocycles. The maximum absolute atomic E-state index is 11.6. The van der Waals surface area contributed by atoms with Gasteiger partial charge in [0.25, 0.3) is 0 Å². The first-order chi connectivity index (χ1) is 10.1. The number of aliphatic hydroxyl groups excluding tert-OH is 1. The predicted molar refractivity (Wildman–Crippen MR) is 75.4 cm³/mol. The highest BCUT2D eigenvalue weighted by Crippen LogP contribution is 2.43. The van der Waals surface area contributed by atoms with E-state index in [0.717, 1.165) is 12.0 Å². The van der Waals surface area contributed by atoms with E-state index in [1.807, 2.05) is 10.6 Å². The van der Waals surface area contributed by atoms with Crippen LogP contribution in [0.25, 0.3) is 11.3 Å². The molecule has 0 bridgehead atoms. The maximum Gasteiger partial charge on any atom is 0.341 e. The van der Waals surface area contributed by atoms with E-state index in [-0.39, 0.29) is 11.3 Å². The number of hydrogen-bond acceptors (Lipinski definition) is 4. The number of carboxylic acid groups (broad SMARTS) is 1. The number of fused-ring (bicyclic) bond motifs is 1. The fourth-order valence-electron chi connectivity index (χ4n) is 2.97. The molecule has 6 heteroatoms. The van der Waals surface area contributed by atoms with E-state index in [1.54, 1.807) is 18.5 Å². The van der Waals surface area contributed by atoms with Crippen LogP contribution in [0.2, 0.25) is 0 Å². The summed E-state index contributed by atoms with van der Waals surface area (Å²) in [7, 11) is 1.44. The molecule has 0 saturated carbocycles. The second-order valence-corrected chi connectivity index (χ2v) is 5.00. The topological polar surface area (TPSA) is 84.6 Å². The summed E-state index contributed by atoms with van der Waals surface area (Å²) in [4.78, 5) is 15.7. The molecule has 1 unspecified atom stereocenters. The van der Waals surface area contributed by atoms with Crippen LogP contribution in [0.1, 0.15) is 35.0 Å². The monoisotopic (exact) mass is 288 g/mol. The fraction of sp³-hybridized carbons (Fsp3) is 0.333. The minimum atomic E-state index is -1.09. The molecule has 1 aliphatic rings. The van der Waals surface area contributed by atoms with Gasteiger partial charge in [-0.25, -0.2) is 4.79 Å². The van der Waals surface area contributed by atoms with Crippen molar-refractivity contribution in [2.24, 2.45) is 0 Å². The van der Waals surface area contributed by atoms with Gasteiger partial charge < -0.3 is 19.5 Å². The molecule has 2 aromatic heterocycles. The molecule has 6 nitrogen and oxygen atoms in total. The molecule has 3 rings (SSSR count). The Kier molecular flexibility index (Phi) is 3.39. The van der Waals surface area contributed by atoms with Gasteiger partial charge >= 0.3 is 5.97 Å². The number of carboxylic acids is 1. The fourth-order valence-corrected chi connectivity index (χ4v) is 2.97.